The Balaban J connectivity index is 2.09. The van der Waals surface area contributed by atoms with Gasteiger partial charge in [-0.25, -0.2) is 4.79 Å². The van der Waals surface area contributed by atoms with Crippen LogP contribution in [0.5, 0.6) is 0 Å². The molecule has 1 aromatic heterocycles. The lowest BCUT2D eigenvalue weighted by molar-refractivity contribution is -0.129. The van der Waals surface area contributed by atoms with Crippen LogP contribution in [0.25, 0.3) is 10.9 Å². The second-order valence-corrected chi connectivity index (χ2v) is 8.57. The Kier molecular flexibility index (Phi) is 5.58. The summed E-state index contributed by atoms with van der Waals surface area (Å²) >= 11 is 0. The lowest BCUT2D eigenvalue weighted by Crippen LogP contribution is -2.58. The van der Waals surface area contributed by atoms with Crippen molar-refractivity contribution in [2.45, 2.75) is 50.6 Å². The summed E-state index contributed by atoms with van der Waals surface area (Å²) in [6.45, 7) is 1.98. The molecule has 1 atom stereocenters. The minimum atomic E-state index is -1.41. The number of H-pyrrole nitrogens is 1. The van der Waals surface area contributed by atoms with Gasteiger partial charge in [0.15, 0.2) is 5.54 Å². The standard InChI is InChI=1S/C25H29N3O3/c1-16-12-14-17(15-13-16)25(24(26)31,28(2)18-8-4-3-5-9-18)21-19-10-6-7-11-20(19)27-22(21)23(29)30/h6-7,10-15,18,27H,3-5,8-9H2,1-2H3,(H2,26,31)(H,29,30). The fourth-order valence-electron chi connectivity index (χ4n) is 5.18. The number of nitrogens with one attached hydrogen (secondary N) is 1. The van der Waals surface area contributed by atoms with E-state index in [9.17, 15) is 14.7 Å². The molecule has 0 spiro atoms. The molecule has 1 heterocycles. The number of nitrogens with zero attached hydrogens (tertiary/aromatic N) is 1. The molecule has 1 unspecified atom stereocenters. The molecule has 6 heteroatoms. The van der Waals surface area contributed by atoms with E-state index in [1.54, 1.807) is 0 Å². The van der Waals surface area contributed by atoms with Gasteiger partial charge in [-0.1, -0.05) is 67.3 Å². The molecule has 2 aromatic carbocycles. The van der Waals surface area contributed by atoms with Gasteiger partial charge >= 0.3 is 5.97 Å². The molecule has 4 N–H and O–H groups in total. The number of benzene rings is 2. The van der Waals surface area contributed by atoms with Crippen LogP contribution in [0.3, 0.4) is 0 Å². The summed E-state index contributed by atoms with van der Waals surface area (Å²) < 4.78 is 0. The highest BCUT2D eigenvalue weighted by Gasteiger charge is 2.50. The van der Waals surface area contributed by atoms with Crippen molar-refractivity contribution >= 4 is 22.8 Å². The first-order valence-electron chi connectivity index (χ1n) is 10.8. The van der Waals surface area contributed by atoms with Crippen LogP contribution in [0.4, 0.5) is 0 Å². The number of primary amides is 1. The fraction of sp³-hybridized carbons (Fsp3) is 0.360. The second-order valence-electron chi connectivity index (χ2n) is 8.57. The molecule has 0 bridgehead atoms. The van der Waals surface area contributed by atoms with Gasteiger partial charge in [0, 0.05) is 22.5 Å². The molecule has 1 aliphatic rings. The van der Waals surface area contributed by atoms with Crippen LogP contribution in [0, 0.1) is 6.92 Å². The van der Waals surface area contributed by atoms with E-state index in [-0.39, 0.29) is 11.7 Å². The number of aromatic amines is 1. The number of rotatable bonds is 6. The van der Waals surface area contributed by atoms with Crippen LogP contribution in [0.2, 0.25) is 0 Å². The lowest BCUT2D eigenvalue weighted by atomic mass is 9.76. The molecule has 1 amide bonds. The quantitative estimate of drug-likeness (QED) is 0.558. The number of amides is 1. The van der Waals surface area contributed by atoms with Crippen molar-refractivity contribution in [2.75, 3.05) is 7.05 Å². The summed E-state index contributed by atoms with van der Waals surface area (Å²) in [6, 6.07) is 15.2. The van der Waals surface area contributed by atoms with Gasteiger partial charge < -0.3 is 15.8 Å². The van der Waals surface area contributed by atoms with Gasteiger partial charge in [0.05, 0.1) is 0 Å². The Labute approximate surface area is 182 Å². The maximum atomic E-state index is 13.5. The molecule has 4 rings (SSSR count). The third-order valence-corrected chi connectivity index (χ3v) is 6.76. The van der Waals surface area contributed by atoms with E-state index < -0.39 is 17.4 Å². The number of aryl methyl sites for hydroxylation is 1. The van der Waals surface area contributed by atoms with Crippen LogP contribution in [-0.4, -0.2) is 40.0 Å². The average Bonchev–Trinajstić information content (AvgIpc) is 3.16. The second kappa shape index (κ2) is 8.19. The van der Waals surface area contributed by atoms with Crippen molar-refractivity contribution in [3.8, 4) is 0 Å². The smallest absolute Gasteiger partial charge is 0.352 e. The number of para-hydroxylation sites is 1. The monoisotopic (exact) mass is 419 g/mol. The Hall–Kier alpha value is -3.12. The molecule has 1 fully saturated rings. The number of hydrogen-bond donors (Lipinski definition) is 3. The summed E-state index contributed by atoms with van der Waals surface area (Å²) in [5, 5.41) is 10.8. The average molecular weight is 420 g/mol. The zero-order valence-electron chi connectivity index (χ0n) is 18.0. The number of hydrogen-bond acceptors (Lipinski definition) is 3. The first kappa shape index (κ1) is 21.1. The molecule has 3 aromatic rings. The number of likely N-dealkylation sites (N-methyl/N-ethyl adjacent to an activating group) is 1. The molecule has 0 aliphatic heterocycles. The first-order valence-corrected chi connectivity index (χ1v) is 10.8. The summed E-state index contributed by atoms with van der Waals surface area (Å²) in [5.41, 5.74) is 7.63. The van der Waals surface area contributed by atoms with Gasteiger partial charge in [0.1, 0.15) is 5.69 Å². The molecule has 31 heavy (non-hydrogen) atoms. The zero-order chi connectivity index (χ0) is 22.2. The number of carbonyl (C=O) groups excluding carboxylic acids is 1. The molecule has 1 aliphatic carbocycles. The number of carboxylic acids is 1. The SMILES string of the molecule is Cc1ccc(C(C(N)=O)(c2c(C(=O)O)[nH]c3ccccc23)N(C)C2CCCCC2)cc1. The summed E-state index contributed by atoms with van der Waals surface area (Å²) in [4.78, 5) is 30.9. The number of aromatic carboxylic acids is 1. The largest absolute Gasteiger partial charge is 0.477 e. The number of aromatic nitrogens is 1. The number of nitrogens with two attached hydrogens (primary N) is 1. The van der Waals surface area contributed by atoms with E-state index in [1.165, 1.54) is 6.42 Å². The van der Waals surface area contributed by atoms with E-state index in [0.717, 1.165) is 31.2 Å². The van der Waals surface area contributed by atoms with Crippen LogP contribution in [-0.2, 0) is 10.3 Å². The molecular weight excluding hydrogens is 390 g/mol. The van der Waals surface area contributed by atoms with E-state index in [4.69, 9.17) is 5.73 Å². The van der Waals surface area contributed by atoms with Gasteiger partial charge in [0.2, 0.25) is 5.91 Å². The summed E-state index contributed by atoms with van der Waals surface area (Å²) in [6.07, 6.45) is 5.23. The molecule has 0 saturated heterocycles. The third kappa shape index (κ3) is 3.41. The van der Waals surface area contributed by atoms with Crippen LogP contribution in [0.15, 0.2) is 48.5 Å². The number of carbonyl (C=O) groups is 2. The van der Waals surface area contributed by atoms with Crippen LogP contribution in [0.1, 0.15) is 59.3 Å². The highest BCUT2D eigenvalue weighted by atomic mass is 16.4. The minimum Gasteiger partial charge on any atom is -0.477 e. The van der Waals surface area contributed by atoms with Gasteiger partial charge in [-0.3, -0.25) is 9.69 Å². The van der Waals surface area contributed by atoms with Crippen LogP contribution >= 0.6 is 0 Å². The maximum absolute atomic E-state index is 13.5. The minimum absolute atomic E-state index is 0.00299. The van der Waals surface area contributed by atoms with E-state index in [1.807, 2.05) is 67.4 Å². The van der Waals surface area contributed by atoms with Gasteiger partial charge in [0.25, 0.3) is 0 Å². The Morgan fingerprint density at radius 3 is 2.32 bits per heavy atom. The van der Waals surface area contributed by atoms with Gasteiger partial charge in [-0.2, -0.15) is 0 Å². The highest BCUT2D eigenvalue weighted by Crippen LogP contribution is 2.44. The maximum Gasteiger partial charge on any atom is 0.352 e. The Morgan fingerprint density at radius 2 is 1.71 bits per heavy atom. The number of carboxylic acid groups (broad SMARTS) is 1. The zero-order valence-corrected chi connectivity index (χ0v) is 18.0. The predicted molar refractivity (Wildman–Crippen MR) is 121 cm³/mol. The third-order valence-electron chi connectivity index (χ3n) is 6.76. The van der Waals surface area contributed by atoms with Gasteiger partial charge in [-0.05, 0) is 38.4 Å². The normalized spacial score (nSPS) is 17.0. The van der Waals surface area contributed by atoms with Crippen molar-refractivity contribution < 1.29 is 14.7 Å². The Morgan fingerprint density at radius 1 is 1.06 bits per heavy atom. The van der Waals surface area contributed by atoms with Gasteiger partial charge in [-0.15, -0.1) is 0 Å². The summed E-state index contributed by atoms with van der Waals surface area (Å²) in [7, 11) is 1.91. The number of fused-ring (bicyclic) bond motifs is 1. The molecule has 1 saturated carbocycles. The topological polar surface area (TPSA) is 99.4 Å². The molecule has 0 radical (unpaired) electrons. The molecule has 6 nitrogen and oxygen atoms in total. The van der Waals surface area contributed by atoms with Crippen LogP contribution < -0.4 is 5.73 Å². The fourth-order valence-corrected chi connectivity index (χ4v) is 5.18. The van der Waals surface area contributed by atoms with E-state index in [0.29, 0.717) is 22.0 Å². The predicted octanol–water partition coefficient (Wildman–Crippen LogP) is 4.17. The molecule has 162 valence electrons. The van der Waals surface area contributed by atoms with Crippen molar-refractivity contribution in [1.82, 2.24) is 9.88 Å². The van der Waals surface area contributed by atoms with Crippen molar-refractivity contribution in [3.63, 3.8) is 0 Å². The summed E-state index contributed by atoms with van der Waals surface area (Å²) in [5.74, 6) is -1.68. The first-order chi connectivity index (χ1) is 14.9. The van der Waals surface area contributed by atoms with E-state index in [2.05, 4.69) is 4.98 Å². The lowest BCUT2D eigenvalue weighted by Gasteiger charge is -2.45. The Bertz CT molecular complexity index is 1110. The van der Waals surface area contributed by atoms with Crippen molar-refractivity contribution in [1.29, 1.82) is 0 Å². The van der Waals surface area contributed by atoms with Crippen molar-refractivity contribution in [2.24, 2.45) is 5.73 Å². The van der Waals surface area contributed by atoms with E-state index >= 15 is 0 Å². The highest BCUT2D eigenvalue weighted by molar-refractivity contribution is 6.04. The van der Waals surface area contributed by atoms with Crippen molar-refractivity contribution in [3.05, 3.63) is 70.9 Å². The molecular formula is C25H29N3O3.